The highest BCUT2D eigenvalue weighted by molar-refractivity contribution is 6.30. The molecular weight excluding hydrogens is 229 g/mol. The Bertz CT molecular complexity index is 429. The molecule has 0 bridgehead atoms. The highest BCUT2D eigenvalue weighted by Crippen LogP contribution is 2.31. The van der Waals surface area contributed by atoms with E-state index in [1.807, 2.05) is 0 Å². The van der Waals surface area contributed by atoms with Gasteiger partial charge in [0, 0.05) is 6.42 Å². The molecule has 1 fully saturated rings. The molecule has 1 aliphatic rings. The first-order valence-electron chi connectivity index (χ1n) is 5.28. The molecule has 0 heterocycles. The van der Waals surface area contributed by atoms with Crippen LogP contribution in [0.3, 0.4) is 0 Å². The summed E-state index contributed by atoms with van der Waals surface area (Å²) in [7, 11) is 0. The van der Waals surface area contributed by atoms with Gasteiger partial charge in [-0.3, -0.25) is 4.79 Å². The van der Waals surface area contributed by atoms with E-state index in [4.69, 9.17) is 17.3 Å². The van der Waals surface area contributed by atoms with Crippen LogP contribution in [0.1, 0.15) is 24.8 Å². The van der Waals surface area contributed by atoms with Crippen molar-refractivity contribution in [1.82, 2.24) is 0 Å². The zero-order valence-electron chi connectivity index (χ0n) is 8.80. The molecule has 1 aromatic rings. The summed E-state index contributed by atoms with van der Waals surface area (Å²) in [4.78, 5) is 11.8. The van der Waals surface area contributed by atoms with Gasteiger partial charge < -0.3 is 5.73 Å². The fourth-order valence-electron chi connectivity index (χ4n) is 1.87. The van der Waals surface area contributed by atoms with Crippen molar-refractivity contribution in [3.8, 4) is 0 Å². The molecule has 0 atom stereocenters. The van der Waals surface area contributed by atoms with Crippen molar-refractivity contribution in [2.24, 2.45) is 5.73 Å². The van der Waals surface area contributed by atoms with Gasteiger partial charge in [-0.1, -0.05) is 23.7 Å². The molecule has 16 heavy (non-hydrogen) atoms. The maximum atomic E-state index is 13.5. The number of hydrogen-bond acceptors (Lipinski definition) is 2. The lowest BCUT2D eigenvalue weighted by atomic mass is 9.73. The van der Waals surface area contributed by atoms with E-state index in [2.05, 4.69) is 0 Å². The topological polar surface area (TPSA) is 43.1 Å². The van der Waals surface area contributed by atoms with Crippen LogP contribution >= 0.6 is 11.6 Å². The number of hydrogen-bond donors (Lipinski definition) is 1. The molecule has 86 valence electrons. The standard InChI is InChI=1S/C12H13ClFNO/c13-9-4-1-3-8(11(9)14)7-10(16)12(15)5-2-6-12/h1,3-4H,2,5-7,15H2. The summed E-state index contributed by atoms with van der Waals surface area (Å²) in [6, 6.07) is 4.67. The molecule has 0 amide bonds. The first kappa shape index (κ1) is 11.6. The molecule has 1 saturated carbocycles. The molecular formula is C12H13ClFNO. The number of Topliss-reactive ketones (excluding diaryl/α,β-unsaturated/α-hetero) is 1. The zero-order chi connectivity index (χ0) is 11.8. The fourth-order valence-corrected chi connectivity index (χ4v) is 2.06. The molecule has 1 aliphatic carbocycles. The maximum absolute atomic E-state index is 13.5. The van der Waals surface area contributed by atoms with Gasteiger partial charge in [-0.25, -0.2) is 4.39 Å². The van der Waals surface area contributed by atoms with Crippen molar-refractivity contribution in [3.05, 3.63) is 34.6 Å². The summed E-state index contributed by atoms with van der Waals surface area (Å²) in [6.45, 7) is 0. The molecule has 0 radical (unpaired) electrons. The molecule has 0 aromatic heterocycles. The SMILES string of the molecule is NC1(C(=O)Cc2cccc(Cl)c2F)CCC1. The van der Waals surface area contributed by atoms with Crippen molar-refractivity contribution >= 4 is 17.4 Å². The number of nitrogens with two attached hydrogens (primary N) is 1. The molecule has 0 saturated heterocycles. The van der Waals surface area contributed by atoms with Gasteiger partial charge in [0.2, 0.25) is 0 Å². The Morgan fingerprint density at radius 3 is 2.75 bits per heavy atom. The van der Waals surface area contributed by atoms with Crippen LogP contribution in [0, 0.1) is 5.82 Å². The van der Waals surface area contributed by atoms with Crippen LogP contribution in [-0.2, 0) is 11.2 Å². The van der Waals surface area contributed by atoms with Gasteiger partial charge in [0.1, 0.15) is 5.82 Å². The first-order chi connectivity index (χ1) is 7.53. The average molecular weight is 242 g/mol. The Balaban J connectivity index is 2.15. The molecule has 0 unspecified atom stereocenters. The van der Waals surface area contributed by atoms with Crippen LogP contribution in [0.4, 0.5) is 4.39 Å². The van der Waals surface area contributed by atoms with Crippen molar-refractivity contribution in [2.75, 3.05) is 0 Å². The Hall–Kier alpha value is -0.930. The lowest BCUT2D eigenvalue weighted by molar-refractivity contribution is -0.126. The van der Waals surface area contributed by atoms with Crippen LogP contribution in [0.15, 0.2) is 18.2 Å². The second kappa shape index (κ2) is 4.15. The second-order valence-corrected chi connectivity index (χ2v) is 4.73. The lowest BCUT2D eigenvalue weighted by Gasteiger charge is -2.36. The largest absolute Gasteiger partial charge is 0.319 e. The molecule has 0 spiro atoms. The second-order valence-electron chi connectivity index (χ2n) is 4.32. The predicted molar refractivity (Wildman–Crippen MR) is 60.9 cm³/mol. The van der Waals surface area contributed by atoms with E-state index in [9.17, 15) is 9.18 Å². The minimum atomic E-state index is -0.727. The van der Waals surface area contributed by atoms with Crippen molar-refractivity contribution in [2.45, 2.75) is 31.2 Å². The minimum Gasteiger partial charge on any atom is -0.319 e. The minimum absolute atomic E-state index is 0.0306. The summed E-state index contributed by atoms with van der Waals surface area (Å²) in [6.07, 6.45) is 2.41. The van der Waals surface area contributed by atoms with Gasteiger partial charge in [0.05, 0.1) is 10.6 Å². The quantitative estimate of drug-likeness (QED) is 0.884. The number of benzene rings is 1. The molecule has 2 N–H and O–H groups in total. The highest BCUT2D eigenvalue weighted by atomic mass is 35.5. The zero-order valence-corrected chi connectivity index (χ0v) is 9.56. The van der Waals surface area contributed by atoms with E-state index < -0.39 is 11.4 Å². The molecule has 4 heteroatoms. The van der Waals surface area contributed by atoms with Crippen LogP contribution in [0.25, 0.3) is 0 Å². The maximum Gasteiger partial charge on any atom is 0.157 e. The average Bonchev–Trinajstić information content (AvgIpc) is 2.21. The summed E-state index contributed by atoms with van der Waals surface area (Å²) in [5.74, 6) is -0.611. The third-order valence-corrected chi connectivity index (χ3v) is 3.48. The normalized spacial score (nSPS) is 17.9. The third kappa shape index (κ3) is 1.97. The van der Waals surface area contributed by atoms with Crippen LogP contribution in [0.5, 0.6) is 0 Å². The van der Waals surface area contributed by atoms with Gasteiger partial charge in [0.25, 0.3) is 0 Å². The van der Waals surface area contributed by atoms with Crippen molar-refractivity contribution in [1.29, 1.82) is 0 Å². The molecule has 1 aromatic carbocycles. The Morgan fingerprint density at radius 2 is 2.19 bits per heavy atom. The van der Waals surface area contributed by atoms with Crippen molar-refractivity contribution in [3.63, 3.8) is 0 Å². The number of carbonyl (C=O) groups is 1. The van der Waals surface area contributed by atoms with Gasteiger partial charge in [-0.2, -0.15) is 0 Å². The van der Waals surface area contributed by atoms with E-state index in [1.165, 1.54) is 6.07 Å². The van der Waals surface area contributed by atoms with Crippen LogP contribution in [0.2, 0.25) is 5.02 Å². The molecule has 2 rings (SSSR count). The van der Waals surface area contributed by atoms with Crippen LogP contribution in [-0.4, -0.2) is 11.3 Å². The van der Waals surface area contributed by atoms with E-state index >= 15 is 0 Å². The number of carbonyl (C=O) groups excluding carboxylic acids is 1. The number of ketones is 1. The van der Waals surface area contributed by atoms with Crippen LogP contribution < -0.4 is 5.73 Å². The van der Waals surface area contributed by atoms with E-state index in [1.54, 1.807) is 12.1 Å². The molecule has 2 nitrogen and oxygen atoms in total. The number of rotatable bonds is 3. The summed E-state index contributed by atoms with van der Waals surface area (Å²) < 4.78 is 13.5. The number of halogens is 2. The van der Waals surface area contributed by atoms with E-state index in [-0.39, 0.29) is 17.2 Å². The van der Waals surface area contributed by atoms with Gasteiger partial charge in [-0.15, -0.1) is 0 Å². The smallest absolute Gasteiger partial charge is 0.157 e. The Labute approximate surface area is 98.6 Å². The summed E-state index contributed by atoms with van der Waals surface area (Å²) in [5.41, 5.74) is 5.48. The Morgan fingerprint density at radius 1 is 1.50 bits per heavy atom. The summed E-state index contributed by atoms with van der Waals surface area (Å²) >= 11 is 5.64. The lowest BCUT2D eigenvalue weighted by Crippen LogP contribution is -2.54. The van der Waals surface area contributed by atoms with E-state index in [0.29, 0.717) is 18.4 Å². The van der Waals surface area contributed by atoms with Gasteiger partial charge in [-0.05, 0) is 30.9 Å². The molecule has 0 aliphatic heterocycles. The van der Waals surface area contributed by atoms with Gasteiger partial charge in [0.15, 0.2) is 5.78 Å². The monoisotopic (exact) mass is 241 g/mol. The van der Waals surface area contributed by atoms with E-state index in [0.717, 1.165) is 6.42 Å². The third-order valence-electron chi connectivity index (χ3n) is 3.18. The predicted octanol–water partition coefficient (Wildman–Crippen LogP) is 2.47. The van der Waals surface area contributed by atoms with Crippen molar-refractivity contribution < 1.29 is 9.18 Å². The Kier molecular flexibility index (Phi) is 3.00. The fraction of sp³-hybridized carbons (Fsp3) is 0.417. The first-order valence-corrected chi connectivity index (χ1v) is 5.66. The van der Waals surface area contributed by atoms with Gasteiger partial charge >= 0.3 is 0 Å². The summed E-state index contributed by atoms with van der Waals surface area (Å²) in [5, 5.41) is 0.0463. The highest BCUT2D eigenvalue weighted by Gasteiger charge is 2.39.